The molecule has 88 valence electrons. The van der Waals surface area contributed by atoms with Crippen LogP contribution in [0.1, 0.15) is 18.7 Å². The summed E-state index contributed by atoms with van der Waals surface area (Å²) in [6.45, 7) is 1.99. The lowest BCUT2D eigenvalue weighted by Crippen LogP contribution is -2.08. The van der Waals surface area contributed by atoms with Crippen molar-refractivity contribution in [1.29, 1.82) is 0 Å². The number of pyridine rings is 1. The summed E-state index contributed by atoms with van der Waals surface area (Å²) in [5.41, 5.74) is 1.80. The van der Waals surface area contributed by atoms with Crippen LogP contribution in [-0.4, -0.2) is 4.98 Å². The van der Waals surface area contributed by atoms with Crippen LogP contribution in [0.3, 0.4) is 0 Å². The fraction of sp³-hybridized carbons (Fsp3) is 0.154. The number of hydrogen-bond donors (Lipinski definition) is 1. The van der Waals surface area contributed by atoms with Gasteiger partial charge in [0.05, 0.1) is 17.9 Å². The van der Waals surface area contributed by atoms with E-state index < -0.39 is 0 Å². The summed E-state index contributed by atoms with van der Waals surface area (Å²) in [7, 11) is 0. The molecule has 1 aromatic carbocycles. The zero-order chi connectivity index (χ0) is 12.3. The van der Waals surface area contributed by atoms with E-state index in [2.05, 4.69) is 26.2 Å². The van der Waals surface area contributed by atoms with Gasteiger partial charge in [0.15, 0.2) is 0 Å². The van der Waals surface area contributed by atoms with Gasteiger partial charge in [0.2, 0.25) is 0 Å². The quantitative estimate of drug-likeness (QED) is 0.919. The lowest BCUT2D eigenvalue weighted by atomic mass is 10.2. The molecule has 0 amide bonds. The zero-order valence-corrected chi connectivity index (χ0v) is 10.9. The Morgan fingerprint density at radius 2 is 2.00 bits per heavy atom. The van der Waals surface area contributed by atoms with Crippen molar-refractivity contribution in [2.75, 3.05) is 5.32 Å². The number of nitrogens with zero attached hydrogens (tertiary/aromatic N) is 1. The fourth-order valence-electron chi connectivity index (χ4n) is 1.53. The smallest absolute Gasteiger partial charge is 0.141 e. The van der Waals surface area contributed by atoms with Gasteiger partial charge in [0.1, 0.15) is 5.82 Å². The predicted octanol–water partition coefficient (Wildman–Crippen LogP) is 4.16. The van der Waals surface area contributed by atoms with Crippen LogP contribution in [0.2, 0.25) is 0 Å². The molecular weight excluding hydrogens is 283 g/mol. The molecule has 2 nitrogen and oxygen atoms in total. The maximum absolute atomic E-state index is 12.8. The summed E-state index contributed by atoms with van der Waals surface area (Å²) in [6, 6.07) is 11.0. The molecular formula is C13H12BrFN2. The molecule has 0 fully saturated rings. The fourth-order valence-corrected chi connectivity index (χ4v) is 1.93. The third-order valence-corrected chi connectivity index (χ3v) is 3.13. The standard InChI is InChI=1S/C13H12BrFN2/c1-9(12-7-6-10(15)8-16-12)17-13-5-3-2-4-11(13)14/h2-9,17H,1H3. The lowest BCUT2D eigenvalue weighted by molar-refractivity contribution is 0.617. The highest BCUT2D eigenvalue weighted by Gasteiger charge is 2.08. The van der Waals surface area contributed by atoms with Crippen molar-refractivity contribution in [2.24, 2.45) is 0 Å². The molecule has 1 N–H and O–H groups in total. The van der Waals surface area contributed by atoms with E-state index in [1.54, 1.807) is 6.07 Å². The molecule has 17 heavy (non-hydrogen) atoms. The number of hydrogen-bond acceptors (Lipinski definition) is 2. The van der Waals surface area contributed by atoms with Crippen molar-refractivity contribution >= 4 is 21.6 Å². The average molecular weight is 295 g/mol. The third kappa shape index (κ3) is 3.03. The van der Waals surface area contributed by atoms with E-state index >= 15 is 0 Å². The van der Waals surface area contributed by atoms with Crippen LogP contribution in [0.4, 0.5) is 10.1 Å². The van der Waals surface area contributed by atoms with Crippen LogP contribution in [0.15, 0.2) is 47.1 Å². The molecule has 4 heteroatoms. The first-order valence-electron chi connectivity index (χ1n) is 5.29. The molecule has 1 unspecified atom stereocenters. The van der Waals surface area contributed by atoms with Gasteiger partial charge in [-0.15, -0.1) is 0 Å². The minimum atomic E-state index is -0.318. The number of para-hydroxylation sites is 1. The van der Waals surface area contributed by atoms with Gasteiger partial charge in [-0.3, -0.25) is 4.98 Å². The van der Waals surface area contributed by atoms with Gasteiger partial charge in [0.25, 0.3) is 0 Å². The number of halogens is 2. The van der Waals surface area contributed by atoms with Crippen LogP contribution in [0, 0.1) is 5.82 Å². The van der Waals surface area contributed by atoms with E-state index in [1.165, 1.54) is 12.3 Å². The van der Waals surface area contributed by atoms with Crippen molar-refractivity contribution in [1.82, 2.24) is 4.98 Å². The highest BCUT2D eigenvalue weighted by Crippen LogP contribution is 2.25. The molecule has 0 aliphatic carbocycles. The number of nitrogens with one attached hydrogen (secondary N) is 1. The molecule has 0 radical (unpaired) electrons. The Morgan fingerprint density at radius 1 is 1.24 bits per heavy atom. The van der Waals surface area contributed by atoms with Gasteiger partial charge >= 0.3 is 0 Å². The summed E-state index contributed by atoms with van der Waals surface area (Å²) in [5, 5.41) is 3.31. The van der Waals surface area contributed by atoms with Crippen LogP contribution >= 0.6 is 15.9 Å². The monoisotopic (exact) mass is 294 g/mol. The Labute approximate surface area is 108 Å². The van der Waals surface area contributed by atoms with Crippen molar-refractivity contribution in [2.45, 2.75) is 13.0 Å². The third-order valence-electron chi connectivity index (χ3n) is 2.44. The van der Waals surface area contributed by atoms with Gasteiger partial charge in [-0.1, -0.05) is 12.1 Å². The molecule has 1 heterocycles. The van der Waals surface area contributed by atoms with Gasteiger partial charge in [-0.2, -0.15) is 0 Å². The molecule has 1 aromatic heterocycles. The van der Waals surface area contributed by atoms with E-state index in [9.17, 15) is 4.39 Å². The molecule has 0 aliphatic heterocycles. The minimum Gasteiger partial charge on any atom is -0.376 e. The molecule has 2 rings (SSSR count). The van der Waals surface area contributed by atoms with Crippen molar-refractivity contribution in [3.8, 4) is 0 Å². The van der Waals surface area contributed by atoms with E-state index in [1.807, 2.05) is 31.2 Å². The lowest BCUT2D eigenvalue weighted by Gasteiger charge is -2.15. The summed E-state index contributed by atoms with van der Waals surface area (Å²) >= 11 is 3.47. The van der Waals surface area contributed by atoms with Crippen molar-refractivity contribution < 1.29 is 4.39 Å². The van der Waals surface area contributed by atoms with E-state index in [0.717, 1.165) is 15.9 Å². The normalized spacial score (nSPS) is 12.2. The summed E-state index contributed by atoms with van der Waals surface area (Å²) in [6.07, 6.45) is 1.23. The number of aromatic nitrogens is 1. The molecule has 0 bridgehead atoms. The molecule has 0 aliphatic rings. The first kappa shape index (κ1) is 12.0. The summed E-state index contributed by atoms with van der Waals surface area (Å²) < 4.78 is 13.7. The topological polar surface area (TPSA) is 24.9 Å². The van der Waals surface area contributed by atoms with Gasteiger partial charge in [-0.25, -0.2) is 4.39 Å². The van der Waals surface area contributed by atoms with Gasteiger partial charge < -0.3 is 5.32 Å². The second-order valence-corrected chi connectivity index (χ2v) is 4.60. The van der Waals surface area contributed by atoms with Crippen LogP contribution in [0.25, 0.3) is 0 Å². The van der Waals surface area contributed by atoms with Crippen LogP contribution < -0.4 is 5.32 Å². The van der Waals surface area contributed by atoms with Crippen molar-refractivity contribution in [3.05, 3.63) is 58.6 Å². The largest absolute Gasteiger partial charge is 0.376 e. The second-order valence-electron chi connectivity index (χ2n) is 3.75. The molecule has 0 saturated carbocycles. The Balaban J connectivity index is 2.14. The van der Waals surface area contributed by atoms with E-state index in [-0.39, 0.29) is 11.9 Å². The highest BCUT2D eigenvalue weighted by molar-refractivity contribution is 9.10. The Kier molecular flexibility index (Phi) is 3.74. The predicted molar refractivity (Wildman–Crippen MR) is 70.4 cm³/mol. The molecule has 0 spiro atoms. The Hall–Kier alpha value is -1.42. The Bertz CT molecular complexity index is 499. The zero-order valence-electron chi connectivity index (χ0n) is 9.32. The molecule has 0 saturated heterocycles. The Morgan fingerprint density at radius 3 is 2.65 bits per heavy atom. The summed E-state index contributed by atoms with van der Waals surface area (Å²) in [4.78, 5) is 4.05. The molecule has 1 atom stereocenters. The van der Waals surface area contributed by atoms with Crippen LogP contribution in [0.5, 0.6) is 0 Å². The van der Waals surface area contributed by atoms with E-state index in [0.29, 0.717) is 0 Å². The number of benzene rings is 1. The number of anilines is 1. The second kappa shape index (κ2) is 5.27. The number of rotatable bonds is 3. The van der Waals surface area contributed by atoms with Gasteiger partial charge in [-0.05, 0) is 47.1 Å². The van der Waals surface area contributed by atoms with Crippen molar-refractivity contribution in [3.63, 3.8) is 0 Å². The van der Waals surface area contributed by atoms with Crippen LogP contribution in [-0.2, 0) is 0 Å². The average Bonchev–Trinajstić information content (AvgIpc) is 2.33. The molecule has 2 aromatic rings. The first-order chi connectivity index (χ1) is 8.16. The summed E-state index contributed by atoms with van der Waals surface area (Å²) in [5.74, 6) is -0.318. The maximum atomic E-state index is 12.8. The highest BCUT2D eigenvalue weighted by atomic mass is 79.9. The first-order valence-corrected chi connectivity index (χ1v) is 6.08. The van der Waals surface area contributed by atoms with Gasteiger partial charge in [0, 0.05) is 10.2 Å². The van der Waals surface area contributed by atoms with E-state index in [4.69, 9.17) is 0 Å². The SMILES string of the molecule is CC(Nc1ccccc1Br)c1ccc(F)cn1. The minimum absolute atomic E-state index is 0.0225. The maximum Gasteiger partial charge on any atom is 0.141 e.